The number of aromatic amines is 1. The molecule has 0 radical (unpaired) electrons. The molecule has 2 unspecified atom stereocenters. The Morgan fingerprint density at radius 2 is 1.94 bits per heavy atom. The second-order valence-corrected chi connectivity index (χ2v) is 3.79. The van der Waals surface area contributed by atoms with Gasteiger partial charge in [-0.3, -0.25) is 5.10 Å². The molecule has 0 fully saturated rings. The maximum absolute atomic E-state index is 10.7. The van der Waals surface area contributed by atoms with Crippen molar-refractivity contribution in [3.63, 3.8) is 0 Å². The Labute approximate surface area is 103 Å². The lowest BCUT2D eigenvalue weighted by Crippen LogP contribution is -2.27. The van der Waals surface area contributed by atoms with Crippen LogP contribution in [0.2, 0.25) is 0 Å². The van der Waals surface area contributed by atoms with Crippen LogP contribution in [0.1, 0.15) is 11.7 Å². The monoisotopic (exact) mass is 248 g/mol. The summed E-state index contributed by atoms with van der Waals surface area (Å²) < 4.78 is 0. The van der Waals surface area contributed by atoms with Crippen molar-refractivity contribution in [3.8, 4) is 11.3 Å². The van der Waals surface area contributed by atoms with E-state index in [0.29, 0.717) is 16.8 Å². The van der Waals surface area contributed by atoms with Crippen LogP contribution in [0.25, 0.3) is 11.3 Å². The van der Waals surface area contributed by atoms with Gasteiger partial charge in [-0.15, -0.1) is 0 Å². The number of aliphatic hydroxyl groups excluding tert-OH is 2. The summed E-state index contributed by atoms with van der Waals surface area (Å²) in [6, 6.07) is 8.37. The first-order chi connectivity index (χ1) is 8.61. The minimum atomic E-state index is -1.87. The van der Waals surface area contributed by atoms with Gasteiger partial charge >= 0.3 is 5.97 Å². The van der Waals surface area contributed by atoms with Crippen LogP contribution in [0.5, 0.6) is 0 Å². The normalized spacial score (nSPS) is 14.1. The van der Waals surface area contributed by atoms with E-state index < -0.39 is 18.2 Å². The van der Waals surface area contributed by atoms with E-state index in [1.54, 1.807) is 36.5 Å². The number of rotatable bonds is 4. The highest BCUT2D eigenvalue weighted by Crippen LogP contribution is 2.28. The van der Waals surface area contributed by atoms with Crippen molar-refractivity contribution in [2.24, 2.45) is 0 Å². The van der Waals surface area contributed by atoms with Crippen molar-refractivity contribution < 1.29 is 20.1 Å². The zero-order chi connectivity index (χ0) is 13.1. The largest absolute Gasteiger partial charge is 0.479 e. The zero-order valence-electron chi connectivity index (χ0n) is 9.32. The fourth-order valence-corrected chi connectivity index (χ4v) is 1.71. The second kappa shape index (κ2) is 4.99. The van der Waals surface area contributed by atoms with Crippen LogP contribution >= 0.6 is 0 Å². The molecule has 0 aliphatic rings. The molecule has 6 nitrogen and oxygen atoms in total. The Balaban J connectivity index is 2.42. The second-order valence-electron chi connectivity index (χ2n) is 3.79. The molecule has 4 N–H and O–H groups in total. The van der Waals surface area contributed by atoms with E-state index in [1.807, 2.05) is 0 Å². The predicted molar refractivity (Wildman–Crippen MR) is 62.6 cm³/mol. The van der Waals surface area contributed by atoms with E-state index in [9.17, 15) is 15.0 Å². The van der Waals surface area contributed by atoms with Crippen LogP contribution < -0.4 is 0 Å². The molecule has 0 aliphatic heterocycles. The first kappa shape index (κ1) is 12.3. The van der Waals surface area contributed by atoms with Crippen LogP contribution in [0.4, 0.5) is 0 Å². The van der Waals surface area contributed by atoms with Gasteiger partial charge in [-0.1, -0.05) is 24.3 Å². The summed E-state index contributed by atoms with van der Waals surface area (Å²) in [5.41, 5.74) is 1.57. The molecule has 2 atom stereocenters. The first-order valence-corrected chi connectivity index (χ1v) is 5.29. The van der Waals surface area contributed by atoms with Crippen LogP contribution in [-0.4, -0.2) is 37.6 Å². The number of nitrogens with zero attached hydrogens (tertiary/aromatic N) is 1. The molecule has 0 amide bonds. The number of aliphatic carboxylic acids is 1. The third-order valence-corrected chi connectivity index (χ3v) is 2.62. The molecule has 2 aromatic rings. The number of H-pyrrole nitrogens is 1. The minimum absolute atomic E-state index is 0.330. The van der Waals surface area contributed by atoms with Gasteiger partial charge in [-0.05, 0) is 11.6 Å². The lowest BCUT2D eigenvalue weighted by atomic mass is 9.97. The highest BCUT2D eigenvalue weighted by Gasteiger charge is 2.27. The Bertz CT molecular complexity index is 539. The smallest absolute Gasteiger partial charge is 0.335 e. The van der Waals surface area contributed by atoms with E-state index in [0.717, 1.165) is 0 Å². The Morgan fingerprint density at radius 1 is 1.22 bits per heavy atom. The summed E-state index contributed by atoms with van der Waals surface area (Å²) in [5, 5.41) is 34.5. The SMILES string of the molecule is O=C(O)C(O)C(O)c1ccccc1-c1ccn[nH]1. The summed E-state index contributed by atoms with van der Waals surface area (Å²) in [5.74, 6) is -1.47. The number of carboxylic acid groups (broad SMARTS) is 1. The third-order valence-electron chi connectivity index (χ3n) is 2.62. The molecule has 1 aromatic carbocycles. The quantitative estimate of drug-likeness (QED) is 0.632. The maximum Gasteiger partial charge on any atom is 0.335 e. The van der Waals surface area contributed by atoms with Gasteiger partial charge in [-0.25, -0.2) is 4.79 Å². The molecule has 0 spiro atoms. The topological polar surface area (TPSA) is 106 Å². The summed E-state index contributed by atoms with van der Waals surface area (Å²) >= 11 is 0. The van der Waals surface area contributed by atoms with Gasteiger partial charge in [0.1, 0.15) is 6.10 Å². The summed E-state index contributed by atoms with van der Waals surface area (Å²) in [7, 11) is 0. The average Bonchev–Trinajstić information content (AvgIpc) is 2.90. The van der Waals surface area contributed by atoms with E-state index in [4.69, 9.17) is 5.11 Å². The van der Waals surface area contributed by atoms with Crippen molar-refractivity contribution >= 4 is 5.97 Å². The van der Waals surface area contributed by atoms with Crippen LogP contribution in [0.3, 0.4) is 0 Å². The number of hydrogen-bond acceptors (Lipinski definition) is 4. The molecule has 6 heteroatoms. The maximum atomic E-state index is 10.7. The van der Waals surface area contributed by atoms with Gasteiger partial charge in [0.2, 0.25) is 0 Å². The average molecular weight is 248 g/mol. The number of aliphatic hydroxyl groups is 2. The van der Waals surface area contributed by atoms with Crippen LogP contribution in [-0.2, 0) is 4.79 Å². The first-order valence-electron chi connectivity index (χ1n) is 5.29. The highest BCUT2D eigenvalue weighted by molar-refractivity contribution is 5.74. The number of aromatic nitrogens is 2. The fraction of sp³-hybridized carbons (Fsp3) is 0.167. The Kier molecular flexibility index (Phi) is 3.40. The van der Waals surface area contributed by atoms with Gasteiger partial charge in [-0.2, -0.15) is 5.10 Å². The number of nitrogens with one attached hydrogen (secondary N) is 1. The van der Waals surface area contributed by atoms with Crippen LogP contribution in [0.15, 0.2) is 36.5 Å². The number of carboxylic acids is 1. The molecule has 0 aliphatic carbocycles. The third kappa shape index (κ3) is 2.24. The number of benzene rings is 1. The lowest BCUT2D eigenvalue weighted by molar-refractivity contribution is -0.153. The Hall–Kier alpha value is -2.18. The summed E-state index contributed by atoms with van der Waals surface area (Å²) in [6.07, 6.45) is -1.82. The molecular weight excluding hydrogens is 236 g/mol. The molecular formula is C12H12N2O4. The molecule has 94 valence electrons. The molecule has 0 saturated carbocycles. The predicted octanol–water partition coefficient (Wildman–Crippen LogP) is 0.556. The number of hydrogen-bond donors (Lipinski definition) is 4. The van der Waals surface area contributed by atoms with Crippen LogP contribution in [0, 0.1) is 0 Å². The highest BCUT2D eigenvalue weighted by atomic mass is 16.4. The van der Waals surface area contributed by atoms with Gasteiger partial charge in [0.25, 0.3) is 0 Å². The van der Waals surface area contributed by atoms with Gasteiger partial charge in [0, 0.05) is 11.8 Å². The molecule has 18 heavy (non-hydrogen) atoms. The molecule has 1 aromatic heterocycles. The lowest BCUT2D eigenvalue weighted by Gasteiger charge is -2.17. The molecule has 0 bridgehead atoms. The van der Waals surface area contributed by atoms with E-state index in [-0.39, 0.29) is 0 Å². The Morgan fingerprint density at radius 3 is 2.56 bits per heavy atom. The summed E-state index contributed by atoms with van der Waals surface area (Å²) in [4.78, 5) is 10.7. The van der Waals surface area contributed by atoms with Gasteiger partial charge in [0.15, 0.2) is 6.10 Å². The van der Waals surface area contributed by atoms with Crippen molar-refractivity contribution in [3.05, 3.63) is 42.1 Å². The molecule has 1 heterocycles. The van der Waals surface area contributed by atoms with Crippen molar-refractivity contribution in [2.45, 2.75) is 12.2 Å². The molecule has 2 rings (SSSR count). The van der Waals surface area contributed by atoms with Gasteiger partial charge < -0.3 is 15.3 Å². The van der Waals surface area contributed by atoms with E-state index >= 15 is 0 Å². The summed E-state index contributed by atoms with van der Waals surface area (Å²) in [6.45, 7) is 0. The van der Waals surface area contributed by atoms with E-state index in [1.165, 1.54) is 0 Å². The zero-order valence-corrected chi connectivity index (χ0v) is 9.32. The fourth-order valence-electron chi connectivity index (χ4n) is 1.71. The van der Waals surface area contributed by atoms with Gasteiger partial charge in [0.05, 0.1) is 5.69 Å². The van der Waals surface area contributed by atoms with E-state index in [2.05, 4.69) is 10.2 Å². The van der Waals surface area contributed by atoms with Crippen molar-refractivity contribution in [1.82, 2.24) is 10.2 Å². The van der Waals surface area contributed by atoms with Crippen molar-refractivity contribution in [1.29, 1.82) is 0 Å². The minimum Gasteiger partial charge on any atom is -0.479 e. The molecule has 0 saturated heterocycles. The number of carbonyl (C=O) groups is 1. The van der Waals surface area contributed by atoms with Crippen molar-refractivity contribution in [2.75, 3.05) is 0 Å². The standard InChI is InChI=1S/C12H12N2O4/c15-10(11(16)12(17)18)8-4-2-1-3-7(8)9-5-6-13-14-9/h1-6,10-11,15-16H,(H,13,14)(H,17,18).